The molecule has 1 aliphatic heterocycles. The molecule has 1 aliphatic rings. The Hall–Kier alpha value is -1.78. The maximum Gasteiger partial charge on any atom is 0.269 e. The first-order chi connectivity index (χ1) is 9.93. The van der Waals surface area contributed by atoms with Crippen LogP contribution >= 0.6 is 0 Å². The first-order valence-corrected chi connectivity index (χ1v) is 6.15. The van der Waals surface area contributed by atoms with Gasteiger partial charge in [0.05, 0.1) is 11.5 Å². The van der Waals surface area contributed by atoms with E-state index < -0.39 is 42.2 Å². The molecule has 9 nitrogen and oxygen atoms in total. The van der Waals surface area contributed by atoms with Crippen LogP contribution in [0.15, 0.2) is 24.3 Å². The fourth-order valence-electron chi connectivity index (χ4n) is 1.95. The van der Waals surface area contributed by atoms with Crippen LogP contribution in [0.4, 0.5) is 5.69 Å². The molecule has 5 atom stereocenters. The zero-order valence-corrected chi connectivity index (χ0v) is 10.8. The molecule has 116 valence electrons. The molecule has 1 fully saturated rings. The van der Waals surface area contributed by atoms with Crippen LogP contribution in [-0.2, 0) is 4.74 Å². The van der Waals surface area contributed by atoms with E-state index in [0.717, 1.165) is 0 Å². The number of hydrogen-bond acceptors (Lipinski definition) is 8. The van der Waals surface area contributed by atoms with E-state index >= 15 is 0 Å². The van der Waals surface area contributed by atoms with Crippen molar-refractivity contribution in [1.29, 1.82) is 0 Å². The molecule has 1 aromatic carbocycles. The average Bonchev–Trinajstić information content (AvgIpc) is 2.48. The van der Waals surface area contributed by atoms with Gasteiger partial charge in [-0.2, -0.15) is 0 Å². The second-order valence-corrected chi connectivity index (χ2v) is 4.57. The van der Waals surface area contributed by atoms with Gasteiger partial charge in [-0.25, -0.2) is 0 Å². The van der Waals surface area contributed by atoms with Crippen molar-refractivity contribution in [3.8, 4) is 5.75 Å². The fraction of sp³-hybridized carbons (Fsp3) is 0.500. The largest absolute Gasteiger partial charge is 0.462 e. The smallest absolute Gasteiger partial charge is 0.269 e. The highest BCUT2D eigenvalue weighted by Gasteiger charge is 2.44. The van der Waals surface area contributed by atoms with Gasteiger partial charge in [0.15, 0.2) is 0 Å². The van der Waals surface area contributed by atoms with Gasteiger partial charge in [0.2, 0.25) is 6.29 Å². The summed E-state index contributed by atoms with van der Waals surface area (Å²) in [5.74, 6) is 0.171. The minimum Gasteiger partial charge on any atom is -0.462 e. The summed E-state index contributed by atoms with van der Waals surface area (Å²) >= 11 is 0. The highest BCUT2D eigenvalue weighted by atomic mass is 16.7. The van der Waals surface area contributed by atoms with Crippen molar-refractivity contribution in [2.45, 2.75) is 30.7 Å². The Morgan fingerprint density at radius 1 is 1.14 bits per heavy atom. The number of nitro groups is 1. The van der Waals surface area contributed by atoms with E-state index in [1.54, 1.807) is 0 Å². The van der Waals surface area contributed by atoms with E-state index in [4.69, 9.17) is 14.6 Å². The highest BCUT2D eigenvalue weighted by molar-refractivity contribution is 5.36. The molecule has 21 heavy (non-hydrogen) atoms. The van der Waals surface area contributed by atoms with Crippen molar-refractivity contribution >= 4 is 5.69 Å². The fourth-order valence-corrected chi connectivity index (χ4v) is 1.95. The molecule has 0 unspecified atom stereocenters. The summed E-state index contributed by atoms with van der Waals surface area (Å²) < 4.78 is 10.4. The van der Waals surface area contributed by atoms with Crippen LogP contribution in [0.5, 0.6) is 5.75 Å². The lowest BCUT2D eigenvalue weighted by molar-refractivity contribution is -0.384. The lowest BCUT2D eigenvalue weighted by Gasteiger charge is -2.39. The van der Waals surface area contributed by atoms with Crippen LogP contribution in [0.1, 0.15) is 0 Å². The molecular formula is C12H15NO8. The van der Waals surface area contributed by atoms with E-state index in [-0.39, 0.29) is 11.4 Å². The summed E-state index contributed by atoms with van der Waals surface area (Å²) in [6.07, 6.45) is -6.94. The molecule has 1 aromatic rings. The number of aliphatic hydroxyl groups is 4. The van der Waals surface area contributed by atoms with Gasteiger partial charge in [-0.15, -0.1) is 0 Å². The molecule has 0 amide bonds. The predicted octanol–water partition coefficient (Wildman–Crippen LogP) is -1.23. The number of benzene rings is 1. The van der Waals surface area contributed by atoms with Crippen LogP contribution < -0.4 is 4.74 Å². The number of hydrogen-bond donors (Lipinski definition) is 4. The molecule has 0 saturated carbocycles. The quantitative estimate of drug-likeness (QED) is 0.400. The van der Waals surface area contributed by atoms with Crippen molar-refractivity contribution in [2.75, 3.05) is 6.61 Å². The van der Waals surface area contributed by atoms with Crippen molar-refractivity contribution in [1.82, 2.24) is 0 Å². The van der Waals surface area contributed by atoms with Gasteiger partial charge in [-0.3, -0.25) is 10.1 Å². The minimum absolute atomic E-state index is 0.129. The maximum absolute atomic E-state index is 10.5. The third-order valence-corrected chi connectivity index (χ3v) is 3.15. The van der Waals surface area contributed by atoms with Gasteiger partial charge in [0.25, 0.3) is 5.69 Å². The summed E-state index contributed by atoms with van der Waals surface area (Å²) in [5.41, 5.74) is -0.129. The lowest BCUT2D eigenvalue weighted by atomic mass is 9.99. The summed E-state index contributed by atoms with van der Waals surface area (Å²) in [7, 11) is 0. The van der Waals surface area contributed by atoms with Gasteiger partial charge < -0.3 is 29.9 Å². The van der Waals surface area contributed by atoms with E-state index in [2.05, 4.69) is 0 Å². The number of rotatable bonds is 4. The van der Waals surface area contributed by atoms with Crippen LogP contribution in [0.2, 0.25) is 0 Å². The van der Waals surface area contributed by atoms with E-state index in [1.807, 2.05) is 0 Å². The van der Waals surface area contributed by atoms with Gasteiger partial charge >= 0.3 is 0 Å². The van der Waals surface area contributed by atoms with Gasteiger partial charge in [-0.05, 0) is 12.1 Å². The second kappa shape index (κ2) is 6.33. The molecule has 9 heteroatoms. The zero-order chi connectivity index (χ0) is 15.6. The molecule has 1 heterocycles. The third-order valence-electron chi connectivity index (χ3n) is 3.15. The molecule has 2 rings (SSSR count). The standard InChI is InChI=1S/C12H15NO8/c14-5-8-9(15)10(16)11(17)12(21-8)20-7-3-1-6(2-4-7)13(18)19/h1-4,8-12,14-17H,5H2/t8-,9+,10-,11+,12+/m0/s1. The number of non-ortho nitro benzene ring substituents is 1. The normalized spacial score (nSPS) is 32.7. The first kappa shape index (κ1) is 15.6. The van der Waals surface area contributed by atoms with Crippen molar-refractivity contribution < 1.29 is 34.8 Å². The van der Waals surface area contributed by atoms with Crippen LogP contribution in [-0.4, -0.2) is 62.7 Å². The monoisotopic (exact) mass is 301 g/mol. The molecular weight excluding hydrogens is 286 g/mol. The number of ether oxygens (including phenoxy) is 2. The summed E-state index contributed by atoms with van der Waals surface area (Å²) in [6.45, 7) is -0.564. The Kier molecular flexibility index (Phi) is 4.70. The Labute approximate surface area is 119 Å². The predicted molar refractivity (Wildman–Crippen MR) is 67.5 cm³/mol. The first-order valence-electron chi connectivity index (χ1n) is 6.15. The second-order valence-electron chi connectivity index (χ2n) is 4.57. The SMILES string of the molecule is O=[N+]([O-])c1ccc(O[C@@H]2O[C@@H](CO)[C@@H](O)[C@H](O)[C@H]2O)cc1. The molecule has 0 radical (unpaired) electrons. The Balaban J connectivity index is 2.08. The highest BCUT2D eigenvalue weighted by Crippen LogP contribution is 2.25. The Morgan fingerprint density at radius 3 is 2.29 bits per heavy atom. The van der Waals surface area contributed by atoms with Crippen LogP contribution in [0, 0.1) is 10.1 Å². The molecule has 0 bridgehead atoms. The molecule has 0 aromatic heterocycles. The topological polar surface area (TPSA) is 143 Å². The third kappa shape index (κ3) is 3.28. The zero-order valence-electron chi connectivity index (χ0n) is 10.8. The van der Waals surface area contributed by atoms with E-state index in [0.29, 0.717) is 0 Å². The summed E-state index contributed by atoms with van der Waals surface area (Å²) in [6, 6.07) is 5.03. The van der Waals surface area contributed by atoms with Gasteiger partial charge in [0.1, 0.15) is 30.2 Å². The average molecular weight is 301 g/mol. The molecule has 1 saturated heterocycles. The number of aliphatic hydroxyl groups excluding tert-OH is 4. The molecule has 0 spiro atoms. The van der Waals surface area contributed by atoms with E-state index in [9.17, 15) is 25.4 Å². The Bertz CT molecular complexity index is 491. The molecule has 0 aliphatic carbocycles. The summed E-state index contributed by atoms with van der Waals surface area (Å²) in [5, 5.41) is 48.6. The molecule has 4 N–H and O–H groups in total. The number of nitro benzene ring substituents is 1. The maximum atomic E-state index is 10.5. The van der Waals surface area contributed by atoms with Gasteiger partial charge in [-0.1, -0.05) is 0 Å². The van der Waals surface area contributed by atoms with Crippen molar-refractivity contribution in [3.05, 3.63) is 34.4 Å². The Morgan fingerprint density at radius 2 is 1.76 bits per heavy atom. The lowest BCUT2D eigenvalue weighted by Crippen LogP contribution is -2.60. The number of nitrogens with zero attached hydrogens (tertiary/aromatic N) is 1. The van der Waals surface area contributed by atoms with Crippen molar-refractivity contribution in [3.63, 3.8) is 0 Å². The van der Waals surface area contributed by atoms with Crippen LogP contribution in [0.3, 0.4) is 0 Å². The minimum atomic E-state index is -1.54. The van der Waals surface area contributed by atoms with Crippen LogP contribution in [0.25, 0.3) is 0 Å². The van der Waals surface area contributed by atoms with Gasteiger partial charge in [0, 0.05) is 12.1 Å². The van der Waals surface area contributed by atoms with E-state index in [1.165, 1.54) is 24.3 Å². The van der Waals surface area contributed by atoms with Crippen molar-refractivity contribution in [2.24, 2.45) is 0 Å². The summed E-state index contributed by atoms with van der Waals surface area (Å²) in [4.78, 5) is 9.95.